The van der Waals surface area contributed by atoms with Gasteiger partial charge >= 0.3 is 145 Å². The number of nitrogens with one attached hydrogen (secondary N) is 1. The van der Waals surface area contributed by atoms with E-state index in [2.05, 4.69) is 65.1 Å². The van der Waals surface area contributed by atoms with Crippen molar-refractivity contribution in [2.24, 2.45) is 5.92 Å². The molecule has 2 aromatic carbocycles. The van der Waals surface area contributed by atoms with Crippen LogP contribution < -0.4 is 0 Å². The topological polar surface area (TPSA) is 28.7 Å². The Morgan fingerprint density at radius 3 is 2.70 bits per heavy atom. The van der Waals surface area contributed by atoms with Crippen LogP contribution in [-0.4, -0.2) is 36.9 Å². The Labute approximate surface area is 181 Å². The van der Waals surface area contributed by atoms with Crippen molar-refractivity contribution in [1.29, 1.82) is 0 Å². The van der Waals surface area contributed by atoms with Crippen LogP contribution in [0.4, 0.5) is 0 Å². The Bertz CT molecular complexity index is 1020. The second kappa shape index (κ2) is 8.52. The van der Waals surface area contributed by atoms with Gasteiger partial charge < -0.3 is 0 Å². The molecule has 1 N–H and O–H groups in total. The van der Waals surface area contributed by atoms with E-state index in [9.17, 15) is 0 Å². The molecule has 0 spiro atoms. The third-order valence-electron chi connectivity index (χ3n) is 4.71. The molecule has 0 radical (unpaired) electrons. The normalized spacial score (nSPS) is 16.7. The number of aromatic nitrogens is 2. The number of hydrogen-bond acceptors (Lipinski definition) is 2. The molecule has 1 aliphatic carbocycles. The quantitative estimate of drug-likeness (QED) is 0.337. The van der Waals surface area contributed by atoms with Crippen molar-refractivity contribution >= 4 is 63.5 Å². The van der Waals surface area contributed by atoms with Gasteiger partial charge in [-0.25, -0.2) is 0 Å². The zero-order valence-electron chi connectivity index (χ0n) is 15.3. The third kappa shape index (κ3) is 4.34. The number of allylic oxidation sites excluding steroid dienone is 4. The van der Waals surface area contributed by atoms with Gasteiger partial charge in [0.2, 0.25) is 0 Å². The molecule has 138 valence electrons. The van der Waals surface area contributed by atoms with E-state index in [0.717, 1.165) is 38.8 Å². The first-order valence-corrected chi connectivity index (χ1v) is 15.7. The summed E-state index contributed by atoms with van der Waals surface area (Å²) in [6.45, 7) is 2.24. The van der Waals surface area contributed by atoms with Crippen LogP contribution in [0.5, 0.6) is 0 Å². The van der Waals surface area contributed by atoms with Gasteiger partial charge in [-0.05, 0) is 12.3 Å². The number of benzene rings is 2. The number of rotatable bonds is 5. The van der Waals surface area contributed by atoms with Crippen LogP contribution in [0, 0.1) is 5.92 Å². The van der Waals surface area contributed by atoms with Crippen molar-refractivity contribution in [3.8, 4) is 11.1 Å². The number of aromatic amines is 1. The van der Waals surface area contributed by atoms with Crippen LogP contribution >= 0.6 is 23.4 Å². The molecule has 27 heavy (non-hydrogen) atoms. The van der Waals surface area contributed by atoms with Crippen molar-refractivity contribution in [2.45, 2.75) is 23.1 Å². The van der Waals surface area contributed by atoms with E-state index in [4.69, 9.17) is 16.6 Å². The first-order chi connectivity index (χ1) is 13.1. The average molecular weight is 590 g/mol. The monoisotopic (exact) mass is 589 g/mol. The first-order valence-electron chi connectivity index (χ1n) is 8.94. The Balaban J connectivity index is 1.63. The number of imidazole rings is 1. The van der Waals surface area contributed by atoms with Crippen molar-refractivity contribution in [3.63, 3.8) is 0 Å². The molecule has 4 rings (SSSR count). The fraction of sp³-hybridized carbons (Fsp3) is 0.227. The van der Waals surface area contributed by atoms with Gasteiger partial charge in [-0.3, -0.25) is 0 Å². The van der Waals surface area contributed by atoms with Gasteiger partial charge in [-0.2, -0.15) is 0 Å². The predicted octanol–water partition coefficient (Wildman–Crippen LogP) is 6.66. The summed E-state index contributed by atoms with van der Waals surface area (Å²) >= 11 is 8.22. The molecule has 1 heterocycles. The first kappa shape index (κ1) is 19.3. The second-order valence-electron chi connectivity index (χ2n) is 6.75. The molecule has 1 atom stereocenters. The van der Waals surface area contributed by atoms with E-state index in [1.807, 2.05) is 17.8 Å². The molecule has 5 heteroatoms. The number of nitrogens with zero attached hydrogens (tertiary/aromatic N) is 1. The van der Waals surface area contributed by atoms with Crippen LogP contribution in [0.25, 0.3) is 27.7 Å². The standard InChI is InChI=1S/C21H18ClN2S.CH3.Po/c1-13-3-5-14(6-4-13)15-7-9-16(10-8-15)17-11-19-20(12-18(17)22)24-21(23-19)25-2;;/h3,5-13H,2,4H2,1H3,(H,23,24);1H3;. The molecule has 2 nitrogen and oxygen atoms in total. The van der Waals surface area contributed by atoms with Crippen LogP contribution in [0.2, 0.25) is 9.61 Å². The Morgan fingerprint density at radius 2 is 2.00 bits per heavy atom. The van der Waals surface area contributed by atoms with Crippen LogP contribution in [-0.2, 0) is 0 Å². The molecule has 1 aromatic heterocycles. The minimum absolute atomic E-state index is 0.192. The summed E-state index contributed by atoms with van der Waals surface area (Å²) in [5.74, 6) is 0.635. The molecule has 1 aliphatic rings. The van der Waals surface area contributed by atoms with Gasteiger partial charge in [0.1, 0.15) is 0 Å². The second-order valence-corrected chi connectivity index (χ2v) is 13.1. The minimum atomic E-state index is -0.192. The number of fused-ring (bicyclic) bond motifs is 1. The fourth-order valence-corrected chi connectivity index (χ4v) is 6.72. The van der Waals surface area contributed by atoms with E-state index >= 15 is 0 Å². The summed E-state index contributed by atoms with van der Waals surface area (Å²) in [6, 6.07) is 12.8. The number of halogens is 1. The Morgan fingerprint density at radius 1 is 1.22 bits per heavy atom. The molecular weight excluding hydrogens is 569 g/mol. The van der Waals surface area contributed by atoms with E-state index in [-0.39, 0.29) is 23.6 Å². The van der Waals surface area contributed by atoms with Gasteiger partial charge in [0, 0.05) is 0 Å². The van der Waals surface area contributed by atoms with Crippen molar-refractivity contribution < 1.29 is 0 Å². The summed E-state index contributed by atoms with van der Waals surface area (Å²) in [5.41, 5.74) is 6.70. The molecular formula is C22H21ClN2PoS. The summed E-state index contributed by atoms with van der Waals surface area (Å²) in [6.07, 6.45) is 7.94. The third-order valence-corrected chi connectivity index (χ3v) is 9.96. The SMILES string of the molecule is [CH3][Po][CH2]Sc1nc2cc(-c3ccc(C4=CCC(C)C=C4)cc3)c(Cl)cc2[nH]1. The molecule has 3 aromatic rings. The molecule has 0 fully saturated rings. The van der Waals surface area contributed by atoms with Gasteiger partial charge in [0.05, 0.1) is 0 Å². The van der Waals surface area contributed by atoms with Gasteiger partial charge in [0.25, 0.3) is 0 Å². The van der Waals surface area contributed by atoms with Crippen LogP contribution in [0.3, 0.4) is 0 Å². The summed E-state index contributed by atoms with van der Waals surface area (Å²) in [4.78, 5) is 8.12. The Hall–Kier alpha value is -1.07. The molecule has 0 saturated carbocycles. The van der Waals surface area contributed by atoms with Gasteiger partial charge in [0.15, 0.2) is 0 Å². The zero-order chi connectivity index (χ0) is 18.8. The van der Waals surface area contributed by atoms with Crippen molar-refractivity contribution in [1.82, 2.24) is 9.97 Å². The van der Waals surface area contributed by atoms with Gasteiger partial charge in [-0.1, -0.05) is 25.2 Å². The zero-order valence-corrected chi connectivity index (χ0v) is 20.1. The summed E-state index contributed by atoms with van der Waals surface area (Å²) < 4.78 is 3.57. The fourth-order valence-electron chi connectivity index (χ4n) is 3.20. The van der Waals surface area contributed by atoms with Gasteiger partial charge in [-0.15, -0.1) is 0 Å². The molecule has 0 saturated heterocycles. The van der Waals surface area contributed by atoms with Crippen LogP contribution in [0.15, 0.2) is 59.8 Å². The number of hydrogen-bond donors (Lipinski definition) is 1. The van der Waals surface area contributed by atoms with E-state index in [1.54, 1.807) is 0 Å². The van der Waals surface area contributed by atoms with E-state index < -0.39 is 0 Å². The predicted molar refractivity (Wildman–Crippen MR) is 120 cm³/mol. The molecule has 1 unspecified atom stereocenters. The van der Waals surface area contributed by atoms with Crippen molar-refractivity contribution in [2.75, 3.05) is 3.41 Å². The van der Waals surface area contributed by atoms with E-state index in [0.29, 0.717) is 5.92 Å². The molecule has 0 bridgehead atoms. The number of H-pyrrole nitrogens is 1. The summed E-state index contributed by atoms with van der Waals surface area (Å²) in [5, 5.41) is 1.76. The van der Waals surface area contributed by atoms with E-state index in [1.165, 1.54) is 14.5 Å². The molecule has 0 aliphatic heterocycles. The van der Waals surface area contributed by atoms with Crippen LogP contribution in [0.1, 0.15) is 18.9 Å². The molecule has 0 amide bonds. The number of thioether (sulfide) groups is 1. The summed E-state index contributed by atoms with van der Waals surface area (Å²) in [7, 11) is 0. The average Bonchev–Trinajstić information content (AvgIpc) is 3.08. The maximum atomic E-state index is 6.59. The van der Waals surface area contributed by atoms with Crippen molar-refractivity contribution in [3.05, 3.63) is 65.2 Å². The maximum absolute atomic E-state index is 6.59. The Kier molecular flexibility index (Phi) is 6.07.